The zero-order valence-electron chi connectivity index (χ0n) is 18.2. The van der Waals surface area contributed by atoms with Crippen molar-refractivity contribution in [2.24, 2.45) is 0 Å². The van der Waals surface area contributed by atoms with Gasteiger partial charge in [0.25, 0.3) is 11.7 Å². The van der Waals surface area contributed by atoms with Crippen LogP contribution in [-0.2, 0) is 16.1 Å². The second-order valence-corrected chi connectivity index (χ2v) is 8.95. The van der Waals surface area contributed by atoms with E-state index in [2.05, 4.69) is 20.9 Å². The highest BCUT2D eigenvalue weighted by Crippen LogP contribution is 2.41. The first kappa shape index (κ1) is 22.7. The number of aromatic nitrogens is 1. The molecule has 1 amide bonds. The van der Waals surface area contributed by atoms with Crippen molar-refractivity contribution >= 4 is 33.4 Å². The summed E-state index contributed by atoms with van der Waals surface area (Å²) in [5.41, 5.74) is 1.99. The summed E-state index contributed by atoms with van der Waals surface area (Å²) < 4.78 is 6.47. The molecule has 1 aliphatic rings. The second kappa shape index (κ2) is 9.58. The van der Waals surface area contributed by atoms with E-state index >= 15 is 0 Å². The molecule has 3 aromatic rings. The van der Waals surface area contributed by atoms with Crippen LogP contribution in [0.2, 0.25) is 0 Å². The van der Waals surface area contributed by atoms with Crippen LogP contribution < -0.4 is 4.74 Å². The third-order valence-electron chi connectivity index (χ3n) is 5.28. The number of amides is 1. The summed E-state index contributed by atoms with van der Waals surface area (Å²) in [6, 6.07) is 17.1. The molecule has 6 nitrogen and oxygen atoms in total. The average Bonchev–Trinajstić information content (AvgIpc) is 3.04. The number of Topliss-reactive ketones (excluding diaryl/α,β-unsaturated/α-hetero) is 1. The lowest BCUT2D eigenvalue weighted by atomic mass is 9.95. The van der Waals surface area contributed by atoms with Crippen LogP contribution >= 0.6 is 15.9 Å². The van der Waals surface area contributed by atoms with Crippen molar-refractivity contribution < 1.29 is 19.4 Å². The van der Waals surface area contributed by atoms with E-state index in [0.29, 0.717) is 16.9 Å². The molecule has 1 N–H and O–H groups in total. The minimum atomic E-state index is -0.741. The molecule has 1 aromatic heterocycles. The van der Waals surface area contributed by atoms with Gasteiger partial charge >= 0.3 is 0 Å². The highest BCUT2D eigenvalue weighted by Gasteiger charge is 2.46. The monoisotopic (exact) mass is 506 g/mol. The topological polar surface area (TPSA) is 79.7 Å². The Bertz CT molecular complexity index is 1210. The standard InChI is InChI=1S/C26H23BrN2O4/c1-16(2)33-21-10-8-18(9-11-21)24(30)22-23(19-6-3-7-20(27)13-19)29(26(32)25(22)31)15-17-5-4-12-28-14-17/h3-14,16,23,30H,15H2,1-2H3/t23-/m1/s1. The number of nitrogens with zero attached hydrogens (tertiary/aromatic N) is 2. The molecule has 168 valence electrons. The molecule has 0 bridgehead atoms. The van der Waals surface area contributed by atoms with E-state index < -0.39 is 17.7 Å². The zero-order chi connectivity index (χ0) is 23.5. The van der Waals surface area contributed by atoms with Gasteiger partial charge in [-0.05, 0) is 67.4 Å². The lowest BCUT2D eigenvalue weighted by Crippen LogP contribution is -2.29. The van der Waals surface area contributed by atoms with Crippen molar-refractivity contribution in [3.8, 4) is 5.75 Å². The Morgan fingerprint density at radius 2 is 1.88 bits per heavy atom. The Kier molecular flexibility index (Phi) is 6.60. The molecule has 1 aliphatic heterocycles. The Hall–Kier alpha value is -3.45. The van der Waals surface area contributed by atoms with E-state index in [0.717, 1.165) is 10.0 Å². The fraction of sp³-hybridized carbons (Fsp3) is 0.192. The van der Waals surface area contributed by atoms with E-state index in [1.165, 1.54) is 4.90 Å². The first-order chi connectivity index (χ1) is 15.8. The number of hydrogen-bond acceptors (Lipinski definition) is 5. The third kappa shape index (κ3) is 4.83. The predicted molar refractivity (Wildman–Crippen MR) is 128 cm³/mol. The van der Waals surface area contributed by atoms with Crippen LogP contribution in [0.4, 0.5) is 0 Å². The fourth-order valence-electron chi connectivity index (χ4n) is 3.87. The van der Waals surface area contributed by atoms with Crippen molar-refractivity contribution in [2.45, 2.75) is 32.5 Å². The minimum Gasteiger partial charge on any atom is -0.507 e. The number of aliphatic hydroxyl groups is 1. The number of likely N-dealkylation sites (tertiary alicyclic amines) is 1. The SMILES string of the molecule is CC(C)Oc1ccc(C(O)=C2C(=O)C(=O)N(Cc3cccnc3)[C@@H]2c2cccc(Br)c2)cc1. The summed E-state index contributed by atoms with van der Waals surface area (Å²) in [4.78, 5) is 31.8. The summed E-state index contributed by atoms with van der Waals surface area (Å²) in [6.07, 6.45) is 3.32. The summed E-state index contributed by atoms with van der Waals surface area (Å²) in [6.45, 7) is 4.04. The molecule has 0 aliphatic carbocycles. The van der Waals surface area contributed by atoms with E-state index in [1.807, 2.05) is 44.2 Å². The number of carbonyl (C=O) groups excluding carboxylic acids is 2. The van der Waals surface area contributed by atoms with Gasteiger partial charge in [0.2, 0.25) is 0 Å². The first-order valence-electron chi connectivity index (χ1n) is 10.5. The highest BCUT2D eigenvalue weighted by molar-refractivity contribution is 9.10. The van der Waals surface area contributed by atoms with Gasteiger partial charge in [-0.3, -0.25) is 14.6 Å². The van der Waals surface area contributed by atoms with Gasteiger partial charge in [0.05, 0.1) is 17.7 Å². The molecule has 0 radical (unpaired) electrons. The Morgan fingerprint density at radius 3 is 2.52 bits per heavy atom. The van der Waals surface area contributed by atoms with Crippen LogP contribution in [-0.4, -0.2) is 32.8 Å². The highest BCUT2D eigenvalue weighted by atomic mass is 79.9. The number of hydrogen-bond donors (Lipinski definition) is 1. The number of pyridine rings is 1. The number of rotatable bonds is 6. The van der Waals surface area contributed by atoms with Gasteiger partial charge in [0.15, 0.2) is 0 Å². The van der Waals surface area contributed by atoms with Crippen molar-refractivity contribution in [3.05, 3.63) is 99.8 Å². The van der Waals surface area contributed by atoms with Crippen LogP contribution in [0.15, 0.2) is 83.1 Å². The predicted octanol–water partition coefficient (Wildman–Crippen LogP) is 5.25. The number of benzene rings is 2. The molecular weight excluding hydrogens is 484 g/mol. The van der Waals surface area contributed by atoms with Gasteiger partial charge in [-0.2, -0.15) is 0 Å². The number of carbonyl (C=O) groups is 2. The van der Waals surface area contributed by atoms with Gasteiger partial charge in [0.1, 0.15) is 11.5 Å². The van der Waals surface area contributed by atoms with Gasteiger partial charge in [-0.1, -0.05) is 34.1 Å². The van der Waals surface area contributed by atoms with E-state index in [4.69, 9.17) is 4.74 Å². The van der Waals surface area contributed by atoms with Crippen LogP contribution in [0.5, 0.6) is 5.75 Å². The maximum Gasteiger partial charge on any atom is 0.295 e. The molecule has 33 heavy (non-hydrogen) atoms. The first-order valence-corrected chi connectivity index (χ1v) is 11.3. The molecule has 4 rings (SSSR count). The van der Waals surface area contributed by atoms with Gasteiger partial charge < -0.3 is 14.7 Å². The Balaban J connectivity index is 1.80. The summed E-state index contributed by atoms with van der Waals surface area (Å²) in [5, 5.41) is 11.2. The van der Waals surface area contributed by atoms with Crippen molar-refractivity contribution in [1.82, 2.24) is 9.88 Å². The van der Waals surface area contributed by atoms with E-state index in [-0.39, 0.29) is 24.0 Å². The zero-order valence-corrected chi connectivity index (χ0v) is 19.8. The fourth-order valence-corrected chi connectivity index (χ4v) is 4.29. The molecule has 7 heteroatoms. The lowest BCUT2D eigenvalue weighted by Gasteiger charge is -2.25. The summed E-state index contributed by atoms with van der Waals surface area (Å²) in [5.74, 6) is -0.945. The van der Waals surface area contributed by atoms with Crippen LogP contribution in [0, 0.1) is 0 Å². The lowest BCUT2D eigenvalue weighted by molar-refractivity contribution is -0.140. The van der Waals surface area contributed by atoms with Crippen molar-refractivity contribution in [1.29, 1.82) is 0 Å². The van der Waals surface area contributed by atoms with Crippen molar-refractivity contribution in [3.63, 3.8) is 0 Å². The molecular formula is C26H23BrN2O4. The average molecular weight is 507 g/mol. The molecule has 1 fully saturated rings. The summed E-state index contributed by atoms with van der Waals surface area (Å²) >= 11 is 3.46. The van der Waals surface area contributed by atoms with Crippen molar-refractivity contribution in [2.75, 3.05) is 0 Å². The van der Waals surface area contributed by atoms with E-state index in [1.54, 1.807) is 42.7 Å². The van der Waals surface area contributed by atoms with Crippen LogP contribution in [0.1, 0.15) is 36.6 Å². The number of ketones is 1. The van der Waals surface area contributed by atoms with E-state index in [9.17, 15) is 14.7 Å². The van der Waals surface area contributed by atoms with Gasteiger partial charge in [-0.25, -0.2) is 0 Å². The molecule has 2 aromatic carbocycles. The Morgan fingerprint density at radius 1 is 1.12 bits per heavy atom. The third-order valence-corrected chi connectivity index (χ3v) is 5.77. The molecule has 0 spiro atoms. The van der Waals surface area contributed by atoms with Crippen LogP contribution in [0.25, 0.3) is 5.76 Å². The molecule has 1 saturated heterocycles. The quantitative estimate of drug-likeness (QED) is 0.280. The van der Waals surface area contributed by atoms with Gasteiger partial charge in [0, 0.05) is 29.0 Å². The molecule has 0 saturated carbocycles. The number of halogens is 1. The summed E-state index contributed by atoms with van der Waals surface area (Å²) in [7, 11) is 0. The molecule has 2 heterocycles. The number of ether oxygens (including phenoxy) is 1. The largest absolute Gasteiger partial charge is 0.507 e. The molecule has 1 atom stereocenters. The Labute approximate surface area is 200 Å². The van der Waals surface area contributed by atoms with Gasteiger partial charge in [-0.15, -0.1) is 0 Å². The smallest absolute Gasteiger partial charge is 0.295 e. The maximum absolute atomic E-state index is 13.1. The molecule has 0 unspecified atom stereocenters. The number of aliphatic hydroxyl groups excluding tert-OH is 1. The normalized spacial score (nSPS) is 17.6. The maximum atomic E-state index is 13.1. The second-order valence-electron chi connectivity index (χ2n) is 8.03. The van der Waals surface area contributed by atoms with Crippen LogP contribution in [0.3, 0.4) is 0 Å². The minimum absolute atomic E-state index is 0.0128.